The molecular formula is C10H17N3O3. The molecule has 16 heavy (non-hydrogen) atoms. The van der Waals surface area contributed by atoms with Crippen molar-refractivity contribution in [3.05, 3.63) is 12.3 Å². The molecule has 0 saturated heterocycles. The molecule has 0 unspecified atom stereocenters. The fourth-order valence-electron chi connectivity index (χ4n) is 0.992. The Morgan fingerprint density at radius 1 is 1.25 bits per heavy atom. The molecule has 0 amide bonds. The first-order valence-electron chi connectivity index (χ1n) is 5.07. The van der Waals surface area contributed by atoms with Gasteiger partial charge in [0.1, 0.15) is 6.61 Å². The molecular weight excluding hydrogens is 210 g/mol. The molecule has 1 heterocycles. The highest BCUT2D eigenvalue weighted by Gasteiger charge is 1.97. The standard InChI is InChI=1S/C10H17N3O3/c1-11-10-12-4-3-9(13-10)16-8-7-15-6-5-14-2/h3-4H,5-8H2,1-2H3,(H,11,12,13). The molecule has 0 aliphatic heterocycles. The Balaban J connectivity index is 2.16. The van der Waals surface area contributed by atoms with Crippen LogP contribution >= 0.6 is 0 Å². The Kier molecular flexibility index (Phi) is 6.20. The van der Waals surface area contributed by atoms with Crippen molar-refractivity contribution in [1.82, 2.24) is 9.97 Å². The van der Waals surface area contributed by atoms with Gasteiger partial charge in [-0.25, -0.2) is 4.98 Å². The van der Waals surface area contributed by atoms with E-state index in [0.29, 0.717) is 38.3 Å². The van der Waals surface area contributed by atoms with Crippen molar-refractivity contribution >= 4 is 5.95 Å². The molecule has 1 aromatic rings. The number of hydrogen-bond acceptors (Lipinski definition) is 6. The molecule has 90 valence electrons. The number of anilines is 1. The first-order chi connectivity index (χ1) is 7.86. The number of hydrogen-bond donors (Lipinski definition) is 1. The van der Waals surface area contributed by atoms with Gasteiger partial charge in [0.15, 0.2) is 0 Å². The Bertz CT molecular complexity index is 296. The summed E-state index contributed by atoms with van der Waals surface area (Å²) in [4.78, 5) is 8.08. The van der Waals surface area contributed by atoms with Crippen LogP contribution in [0.5, 0.6) is 5.88 Å². The van der Waals surface area contributed by atoms with Gasteiger partial charge in [-0.2, -0.15) is 4.98 Å². The van der Waals surface area contributed by atoms with E-state index in [0.717, 1.165) is 0 Å². The van der Waals surface area contributed by atoms with E-state index in [1.807, 2.05) is 0 Å². The third kappa shape index (κ3) is 4.90. The molecule has 1 aromatic heterocycles. The fraction of sp³-hybridized carbons (Fsp3) is 0.600. The van der Waals surface area contributed by atoms with Crippen LogP contribution in [-0.2, 0) is 9.47 Å². The predicted molar refractivity (Wildman–Crippen MR) is 59.8 cm³/mol. The van der Waals surface area contributed by atoms with Gasteiger partial charge in [-0.15, -0.1) is 0 Å². The van der Waals surface area contributed by atoms with Crippen LogP contribution in [0.25, 0.3) is 0 Å². The average molecular weight is 227 g/mol. The van der Waals surface area contributed by atoms with Crippen molar-refractivity contribution in [2.45, 2.75) is 0 Å². The topological polar surface area (TPSA) is 65.5 Å². The molecule has 0 aliphatic rings. The van der Waals surface area contributed by atoms with E-state index in [4.69, 9.17) is 14.2 Å². The van der Waals surface area contributed by atoms with Gasteiger partial charge in [-0.1, -0.05) is 0 Å². The van der Waals surface area contributed by atoms with Gasteiger partial charge in [-0.05, 0) is 0 Å². The molecule has 0 fully saturated rings. The summed E-state index contributed by atoms with van der Waals surface area (Å²) < 4.78 is 15.5. The number of nitrogens with one attached hydrogen (secondary N) is 1. The van der Waals surface area contributed by atoms with E-state index >= 15 is 0 Å². The van der Waals surface area contributed by atoms with Crippen molar-refractivity contribution < 1.29 is 14.2 Å². The minimum atomic E-state index is 0.462. The number of methoxy groups -OCH3 is 1. The monoisotopic (exact) mass is 227 g/mol. The molecule has 0 aliphatic carbocycles. The first kappa shape index (κ1) is 12.7. The molecule has 0 spiro atoms. The summed E-state index contributed by atoms with van der Waals surface area (Å²) in [5.41, 5.74) is 0. The molecule has 0 radical (unpaired) electrons. The van der Waals surface area contributed by atoms with Gasteiger partial charge in [0.2, 0.25) is 11.8 Å². The number of nitrogens with zero attached hydrogens (tertiary/aromatic N) is 2. The lowest BCUT2D eigenvalue weighted by Gasteiger charge is -2.06. The van der Waals surface area contributed by atoms with Crippen LogP contribution in [0.3, 0.4) is 0 Å². The van der Waals surface area contributed by atoms with E-state index in [9.17, 15) is 0 Å². The smallest absolute Gasteiger partial charge is 0.225 e. The maximum absolute atomic E-state index is 5.37. The van der Waals surface area contributed by atoms with Crippen molar-refractivity contribution in [3.63, 3.8) is 0 Å². The Hall–Kier alpha value is -1.40. The summed E-state index contributed by atoms with van der Waals surface area (Å²) in [5.74, 6) is 1.08. The van der Waals surface area contributed by atoms with Crippen molar-refractivity contribution in [3.8, 4) is 5.88 Å². The quantitative estimate of drug-likeness (QED) is 0.655. The van der Waals surface area contributed by atoms with E-state index in [2.05, 4.69) is 15.3 Å². The highest BCUT2D eigenvalue weighted by molar-refractivity contribution is 5.25. The summed E-state index contributed by atoms with van der Waals surface area (Å²) in [7, 11) is 3.40. The van der Waals surface area contributed by atoms with Crippen LogP contribution in [0.15, 0.2) is 12.3 Å². The van der Waals surface area contributed by atoms with E-state index < -0.39 is 0 Å². The zero-order chi connectivity index (χ0) is 11.6. The molecule has 6 nitrogen and oxygen atoms in total. The fourth-order valence-corrected chi connectivity index (χ4v) is 0.992. The molecule has 0 bridgehead atoms. The summed E-state index contributed by atoms with van der Waals surface area (Å²) in [6.45, 7) is 2.15. The second kappa shape index (κ2) is 7.84. The lowest BCUT2D eigenvalue weighted by atomic mass is 10.6. The van der Waals surface area contributed by atoms with Crippen LogP contribution < -0.4 is 10.1 Å². The Morgan fingerprint density at radius 3 is 2.81 bits per heavy atom. The van der Waals surface area contributed by atoms with Crippen LogP contribution in [0.4, 0.5) is 5.95 Å². The van der Waals surface area contributed by atoms with Crippen LogP contribution in [0.2, 0.25) is 0 Å². The molecule has 0 saturated carbocycles. The summed E-state index contributed by atoms with van der Waals surface area (Å²) >= 11 is 0. The van der Waals surface area contributed by atoms with Gasteiger partial charge in [0.05, 0.1) is 19.8 Å². The maximum Gasteiger partial charge on any atom is 0.225 e. The van der Waals surface area contributed by atoms with Crippen molar-refractivity contribution in [2.75, 3.05) is 45.9 Å². The highest BCUT2D eigenvalue weighted by atomic mass is 16.5. The molecule has 0 aromatic carbocycles. The third-order valence-corrected chi connectivity index (χ3v) is 1.76. The molecule has 1 N–H and O–H groups in total. The van der Waals surface area contributed by atoms with Crippen molar-refractivity contribution in [1.29, 1.82) is 0 Å². The van der Waals surface area contributed by atoms with Gasteiger partial charge in [0, 0.05) is 26.4 Å². The third-order valence-electron chi connectivity index (χ3n) is 1.76. The van der Waals surface area contributed by atoms with Crippen molar-refractivity contribution in [2.24, 2.45) is 0 Å². The Labute approximate surface area is 95.0 Å². The second-order valence-electron chi connectivity index (χ2n) is 2.92. The lowest BCUT2D eigenvalue weighted by molar-refractivity contribution is 0.0537. The van der Waals surface area contributed by atoms with Gasteiger partial charge >= 0.3 is 0 Å². The lowest BCUT2D eigenvalue weighted by Crippen LogP contribution is -2.11. The summed E-state index contributed by atoms with van der Waals surface area (Å²) in [5, 5.41) is 2.84. The molecule has 6 heteroatoms. The zero-order valence-corrected chi connectivity index (χ0v) is 9.60. The van der Waals surface area contributed by atoms with Crippen LogP contribution in [-0.4, -0.2) is 50.6 Å². The van der Waals surface area contributed by atoms with E-state index in [1.54, 1.807) is 26.4 Å². The normalized spacial score (nSPS) is 10.1. The maximum atomic E-state index is 5.37. The van der Waals surface area contributed by atoms with Gasteiger partial charge in [0.25, 0.3) is 0 Å². The van der Waals surface area contributed by atoms with Gasteiger partial charge < -0.3 is 19.5 Å². The minimum Gasteiger partial charge on any atom is -0.475 e. The molecule has 1 rings (SSSR count). The minimum absolute atomic E-state index is 0.462. The number of aromatic nitrogens is 2. The van der Waals surface area contributed by atoms with Crippen LogP contribution in [0.1, 0.15) is 0 Å². The SMILES string of the molecule is CNc1nccc(OCCOCCOC)n1. The van der Waals surface area contributed by atoms with Gasteiger partial charge in [-0.3, -0.25) is 0 Å². The zero-order valence-electron chi connectivity index (χ0n) is 9.60. The second-order valence-corrected chi connectivity index (χ2v) is 2.92. The summed E-state index contributed by atoms with van der Waals surface area (Å²) in [6, 6.07) is 1.70. The number of rotatable bonds is 8. The summed E-state index contributed by atoms with van der Waals surface area (Å²) in [6.07, 6.45) is 1.64. The van der Waals surface area contributed by atoms with Crippen LogP contribution in [0, 0.1) is 0 Å². The first-order valence-corrected chi connectivity index (χ1v) is 5.07. The average Bonchev–Trinajstić information content (AvgIpc) is 2.34. The molecule has 0 atom stereocenters. The van der Waals surface area contributed by atoms with E-state index in [1.165, 1.54) is 0 Å². The van der Waals surface area contributed by atoms with E-state index in [-0.39, 0.29) is 0 Å². The number of ether oxygens (including phenoxy) is 3. The predicted octanol–water partition coefficient (Wildman–Crippen LogP) is 0.560. The Morgan fingerprint density at radius 2 is 2.06 bits per heavy atom. The largest absolute Gasteiger partial charge is 0.475 e. The highest BCUT2D eigenvalue weighted by Crippen LogP contribution is 2.07.